The summed E-state index contributed by atoms with van der Waals surface area (Å²) >= 11 is 0. The highest BCUT2D eigenvalue weighted by atomic mass is 16.5. The van der Waals surface area contributed by atoms with Crippen molar-refractivity contribution in [1.29, 1.82) is 0 Å². The average molecular weight is 368 g/mol. The number of hydrogen-bond acceptors (Lipinski definition) is 4. The molecule has 0 radical (unpaired) electrons. The molecule has 27 heavy (non-hydrogen) atoms. The van der Waals surface area contributed by atoms with E-state index in [2.05, 4.69) is 60.0 Å². The van der Waals surface area contributed by atoms with Crippen LogP contribution < -0.4 is 5.32 Å². The largest absolute Gasteiger partial charge is 0.373 e. The van der Waals surface area contributed by atoms with Gasteiger partial charge >= 0.3 is 0 Å². The van der Waals surface area contributed by atoms with Gasteiger partial charge in [-0.15, -0.1) is 0 Å². The van der Waals surface area contributed by atoms with Crippen molar-refractivity contribution >= 4 is 5.96 Å². The van der Waals surface area contributed by atoms with E-state index in [1.807, 2.05) is 19.6 Å². The molecular formula is C20H28N6O. The fourth-order valence-corrected chi connectivity index (χ4v) is 3.99. The number of nitrogens with zero attached hydrogens (tertiary/aromatic N) is 5. The third-order valence-electron chi connectivity index (χ3n) is 5.37. The number of aliphatic imine (C=N–C) groups is 1. The molecule has 7 nitrogen and oxygen atoms in total. The number of guanidine groups is 1. The SMILES string of the molecule is CN=C(NCCn1ccnc1)N1CC2OCCN(Cc3ccccc3)C2C1. The van der Waals surface area contributed by atoms with Gasteiger partial charge in [0.2, 0.25) is 0 Å². The smallest absolute Gasteiger partial charge is 0.193 e. The molecule has 144 valence electrons. The van der Waals surface area contributed by atoms with Gasteiger partial charge in [0.25, 0.3) is 0 Å². The van der Waals surface area contributed by atoms with Crippen LogP contribution in [0.4, 0.5) is 0 Å². The van der Waals surface area contributed by atoms with E-state index in [-0.39, 0.29) is 6.10 Å². The Bertz CT molecular complexity index is 732. The van der Waals surface area contributed by atoms with E-state index in [4.69, 9.17) is 4.74 Å². The van der Waals surface area contributed by atoms with Crippen molar-refractivity contribution in [2.24, 2.45) is 4.99 Å². The van der Waals surface area contributed by atoms with E-state index in [1.54, 1.807) is 6.20 Å². The average Bonchev–Trinajstić information content (AvgIpc) is 3.36. The second-order valence-electron chi connectivity index (χ2n) is 7.11. The number of likely N-dealkylation sites (tertiary alicyclic amines) is 1. The molecule has 2 atom stereocenters. The number of aromatic nitrogens is 2. The number of morpholine rings is 1. The molecule has 2 aliphatic heterocycles. The molecule has 1 aromatic heterocycles. The molecule has 2 aliphatic rings. The lowest BCUT2D eigenvalue weighted by Gasteiger charge is -2.36. The molecule has 3 heterocycles. The van der Waals surface area contributed by atoms with Gasteiger partial charge in [0.15, 0.2) is 5.96 Å². The second-order valence-corrected chi connectivity index (χ2v) is 7.11. The predicted octanol–water partition coefficient (Wildman–Crippen LogP) is 1.04. The molecule has 2 fully saturated rings. The summed E-state index contributed by atoms with van der Waals surface area (Å²) in [6.45, 7) is 6.29. The minimum Gasteiger partial charge on any atom is -0.373 e. The highest BCUT2D eigenvalue weighted by Gasteiger charge is 2.41. The molecule has 0 aliphatic carbocycles. The Morgan fingerprint density at radius 1 is 1.30 bits per heavy atom. The predicted molar refractivity (Wildman–Crippen MR) is 106 cm³/mol. The molecule has 4 rings (SSSR count). The Labute approximate surface area is 160 Å². The summed E-state index contributed by atoms with van der Waals surface area (Å²) in [5, 5.41) is 3.48. The Kier molecular flexibility index (Phi) is 5.69. The minimum atomic E-state index is 0.245. The zero-order valence-electron chi connectivity index (χ0n) is 15.9. The van der Waals surface area contributed by atoms with Crippen LogP contribution in [0.1, 0.15) is 5.56 Å². The molecule has 0 bridgehead atoms. The van der Waals surface area contributed by atoms with Crippen LogP contribution in [0.3, 0.4) is 0 Å². The van der Waals surface area contributed by atoms with Gasteiger partial charge in [-0.2, -0.15) is 0 Å². The number of nitrogens with one attached hydrogen (secondary N) is 1. The van der Waals surface area contributed by atoms with Crippen LogP contribution in [-0.4, -0.2) is 77.3 Å². The first kappa shape index (κ1) is 18.0. The van der Waals surface area contributed by atoms with Crippen LogP contribution in [0.5, 0.6) is 0 Å². The lowest BCUT2D eigenvalue weighted by Crippen LogP contribution is -2.50. The van der Waals surface area contributed by atoms with Crippen LogP contribution >= 0.6 is 0 Å². The number of ether oxygens (including phenoxy) is 1. The molecular weight excluding hydrogens is 340 g/mol. The number of imidazole rings is 1. The van der Waals surface area contributed by atoms with Crippen LogP contribution in [0.25, 0.3) is 0 Å². The van der Waals surface area contributed by atoms with Crippen molar-refractivity contribution in [2.45, 2.75) is 25.2 Å². The van der Waals surface area contributed by atoms with Gasteiger partial charge in [-0.25, -0.2) is 4.98 Å². The van der Waals surface area contributed by atoms with Gasteiger partial charge in [-0.05, 0) is 5.56 Å². The summed E-state index contributed by atoms with van der Waals surface area (Å²) in [5.74, 6) is 0.952. The van der Waals surface area contributed by atoms with Crippen LogP contribution in [0.2, 0.25) is 0 Å². The normalized spacial score (nSPS) is 23.4. The van der Waals surface area contributed by atoms with Crippen LogP contribution in [-0.2, 0) is 17.8 Å². The van der Waals surface area contributed by atoms with Crippen LogP contribution in [0.15, 0.2) is 54.0 Å². The van der Waals surface area contributed by atoms with Crippen LogP contribution in [0, 0.1) is 0 Å². The topological polar surface area (TPSA) is 57.9 Å². The maximum Gasteiger partial charge on any atom is 0.193 e. The summed E-state index contributed by atoms with van der Waals surface area (Å²) in [6, 6.07) is 11.1. The van der Waals surface area contributed by atoms with Crippen molar-refractivity contribution in [3.63, 3.8) is 0 Å². The second kappa shape index (κ2) is 8.54. The van der Waals surface area contributed by atoms with Gasteiger partial charge in [-0.1, -0.05) is 30.3 Å². The Morgan fingerprint density at radius 3 is 2.96 bits per heavy atom. The van der Waals surface area contributed by atoms with E-state index < -0.39 is 0 Å². The molecule has 0 saturated carbocycles. The highest BCUT2D eigenvalue weighted by Crippen LogP contribution is 2.24. The zero-order chi connectivity index (χ0) is 18.5. The Hall–Kier alpha value is -2.38. The van der Waals surface area contributed by atoms with Gasteiger partial charge < -0.3 is 19.5 Å². The van der Waals surface area contributed by atoms with Gasteiger partial charge in [0, 0.05) is 58.7 Å². The molecule has 1 N–H and O–H groups in total. The van der Waals surface area contributed by atoms with Crippen molar-refractivity contribution in [1.82, 2.24) is 24.7 Å². The maximum atomic E-state index is 6.08. The quantitative estimate of drug-likeness (QED) is 0.631. The summed E-state index contributed by atoms with van der Waals surface area (Å²) < 4.78 is 8.14. The highest BCUT2D eigenvalue weighted by molar-refractivity contribution is 5.80. The lowest BCUT2D eigenvalue weighted by molar-refractivity contribution is -0.0502. The van der Waals surface area contributed by atoms with Crippen molar-refractivity contribution in [3.05, 3.63) is 54.6 Å². The minimum absolute atomic E-state index is 0.245. The first-order valence-corrected chi connectivity index (χ1v) is 9.64. The lowest BCUT2D eigenvalue weighted by atomic mass is 10.1. The summed E-state index contributed by atoms with van der Waals surface area (Å²) in [7, 11) is 1.85. The Morgan fingerprint density at radius 2 is 2.19 bits per heavy atom. The monoisotopic (exact) mass is 368 g/mol. The standard InChI is InChI=1S/C20H28N6O/c1-21-20(23-8-10-24-9-7-22-16-24)26-14-18-19(15-26)27-12-11-25(18)13-17-5-3-2-4-6-17/h2-7,9,16,18-19H,8,10-15H2,1H3,(H,21,23). The van der Waals surface area contributed by atoms with Crippen molar-refractivity contribution < 1.29 is 4.74 Å². The van der Waals surface area contributed by atoms with Crippen molar-refractivity contribution in [3.8, 4) is 0 Å². The number of hydrogen-bond donors (Lipinski definition) is 1. The molecule has 7 heteroatoms. The van der Waals surface area contributed by atoms with Crippen molar-refractivity contribution in [2.75, 3.05) is 39.8 Å². The molecule has 1 aromatic carbocycles. The molecule has 0 spiro atoms. The number of benzene rings is 1. The van der Waals surface area contributed by atoms with E-state index in [0.29, 0.717) is 6.04 Å². The fraction of sp³-hybridized carbons (Fsp3) is 0.500. The fourth-order valence-electron chi connectivity index (χ4n) is 3.99. The maximum absolute atomic E-state index is 6.08. The summed E-state index contributed by atoms with van der Waals surface area (Å²) in [4.78, 5) is 13.5. The first-order valence-electron chi connectivity index (χ1n) is 9.64. The molecule has 0 amide bonds. The van der Waals surface area contributed by atoms with E-state index in [0.717, 1.165) is 51.8 Å². The molecule has 2 aromatic rings. The van der Waals surface area contributed by atoms with Gasteiger partial charge in [0.05, 0.1) is 25.1 Å². The first-order chi connectivity index (χ1) is 13.3. The van der Waals surface area contributed by atoms with E-state index >= 15 is 0 Å². The van der Waals surface area contributed by atoms with Gasteiger partial charge in [0.1, 0.15) is 0 Å². The number of fused-ring (bicyclic) bond motifs is 1. The molecule has 2 unspecified atom stereocenters. The van der Waals surface area contributed by atoms with E-state index in [9.17, 15) is 0 Å². The number of rotatable bonds is 5. The van der Waals surface area contributed by atoms with E-state index in [1.165, 1.54) is 5.56 Å². The van der Waals surface area contributed by atoms with Gasteiger partial charge in [-0.3, -0.25) is 9.89 Å². The third kappa shape index (κ3) is 4.31. The third-order valence-corrected chi connectivity index (χ3v) is 5.37. The Balaban J connectivity index is 1.35. The zero-order valence-corrected chi connectivity index (χ0v) is 15.9. The molecule has 2 saturated heterocycles. The summed E-state index contributed by atoms with van der Waals surface area (Å²) in [6.07, 6.45) is 5.86. The summed E-state index contributed by atoms with van der Waals surface area (Å²) in [5.41, 5.74) is 1.36.